The lowest BCUT2D eigenvalue weighted by Crippen LogP contribution is -2.49. The third-order valence-corrected chi connectivity index (χ3v) is 6.25. The van der Waals surface area contributed by atoms with Crippen LogP contribution in [0.15, 0.2) is 48.5 Å². The maximum atomic E-state index is 13.1. The van der Waals surface area contributed by atoms with E-state index in [1.165, 1.54) is 19.2 Å². The molecule has 0 saturated carbocycles. The Bertz CT molecular complexity index is 1010. The molecule has 2 heterocycles. The smallest absolute Gasteiger partial charge is 0.416 e. The number of imide groups is 1. The number of hydrogen-bond acceptors (Lipinski definition) is 5. The molecule has 2 fully saturated rings. The molecule has 0 radical (unpaired) electrons. The van der Waals surface area contributed by atoms with Gasteiger partial charge in [0.2, 0.25) is 5.91 Å². The lowest BCUT2D eigenvalue weighted by molar-refractivity contribution is -0.138. The topological polar surface area (TPSA) is 70.1 Å². The first kappa shape index (κ1) is 22.3. The largest absolute Gasteiger partial charge is 0.497 e. The van der Waals surface area contributed by atoms with Crippen molar-refractivity contribution in [3.8, 4) is 5.75 Å². The summed E-state index contributed by atoms with van der Waals surface area (Å²) in [4.78, 5) is 28.5. The Kier molecular flexibility index (Phi) is 5.72. The summed E-state index contributed by atoms with van der Waals surface area (Å²) in [5.41, 5.74) is -1.56. The number of nitrogens with zero attached hydrogens (tertiary/aromatic N) is 2. The van der Waals surface area contributed by atoms with E-state index in [0.717, 1.165) is 17.0 Å². The minimum atomic E-state index is -4.49. The number of alkyl halides is 3. The fourth-order valence-corrected chi connectivity index (χ4v) is 4.38. The first-order valence-electron chi connectivity index (χ1n) is 10.3. The van der Waals surface area contributed by atoms with Gasteiger partial charge in [0.15, 0.2) is 0 Å². The van der Waals surface area contributed by atoms with E-state index in [9.17, 15) is 27.9 Å². The number of halogens is 3. The van der Waals surface area contributed by atoms with Gasteiger partial charge >= 0.3 is 6.18 Å². The first-order valence-corrected chi connectivity index (χ1v) is 10.3. The fourth-order valence-electron chi connectivity index (χ4n) is 4.38. The Hall–Kier alpha value is -2.91. The van der Waals surface area contributed by atoms with Crippen molar-refractivity contribution < 1.29 is 32.6 Å². The number of ether oxygens (including phenoxy) is 1. The molecule has 1 N–H and O–H groups in total. The van der Waals surface area contributed by atoms with Gasteiger partial charge in [0, 0.05) is 13.1 Å². The molecule has 2 aliphatic rings. The molecule has 0 unspecified atom stereocenters. The molecule has 2 saturated heterocycles. The fraction of sp³-hybridized carbons (Fsp3) is 0.391. The quantitative estimate of drug-likeness (QED) is 0.727. The van der Waals surface area contributed by atoms with Crippen LogP contribution in [0, 0.1) is 0 Å². The molecule has 2 amide bonds. The van der Waals surface area contributed by atoms with Crippen molar-refractivity contribution in [2.24, 2.45) is 0 Å². The van der Waals surface area contributed by atoms with Crippen LogP contribution < -0.4 is 9.64 Å². The van der Waals surface area contributed by atoms with Crippen LogP contribution in [0.3, 0.4) is 0 Å². The highest BCUT2D eigenvalue weighted by Crippen LogP contribution is 2.38. The second-order valence-corrected chi connectivity index (χ2v) is 8.13. The molecule has 2 aromatic rings. The molecule has 4 rings (SSSR count). The van der Waals surface area contributed by atoms with Gasteiger partial charge in [-0.05, 0) is 54.8 Å². The molecule has 6 nitrogen and oxygen atoms in total. The van der Waals surface area contributed by atoms with E-state index in [1.54, 1.807) is 24.3 Å². The summed E-state index contributed by atoms with van der Waals surface area (Å²) >= 11 is 0. The Morgan fingerprint density at radius 1 is 1.06 bits per heavy atom. The molecule has 1 atom stereocenters. The number of piperidine rings is 1. The van der Waals surface area contributed by atoms with Crippen LogP contribution >= 0.6 is 0 Å². The summed E-state index contributed by atoms with van der Waals surface area (Å²) in [5.74, 6) is -0.0529. The number of carbonyl (C=O) groups is 2. The molecule has 0 aliphatic carbocycles. The van der Waals surface area contributed by atoms with Crippen LogP contribution in [-0.4, -0.2) is 48.1 Å². The maximum Gasteiger partial charge on any atom is 0.416 e. The summed E-state index contributed by atoms with van der Waals surface area (Å²) in [7, 11) is 1.52. The maximum absolute atomic E-state index is 13.1. The van der Waals surface area contributed by atoms with Gasteiger partial charge in [-0.1, -0.05) is 12.1 Å². The van der Waals surface area contributed by atoms with E-state index in [-0.39, 0.29) is 49.7 Å². The number of amides is 2. The van der Waals surface area contributed by atoms with Gasteiger partial charge in [-0.15, -0.1) is 0 Å². The normalized spacial score (nSPS) is 21.8. The van der Waals surface area contributed by atoms with Crippen molar-refractivity contribution in [3.63, 3.8) is 0 Å². The molecule has 2 aromatic carbocycles. The summed E-state index contributed by atoms with van der Waals surface area (Å²) in [6, 6.07) is 10.7. The number of likely N-dealkylation sites (tertiary alicyclic amines) is 1. The second-order valence-electron chi connectivity index (χ2n) is 8.13. The van der Waals surface area contributed by atoms with Crippen LogP contribution in [0.2, 0.25) is 0 Å². The van der Waals surface area contributed by atoms with E-state index >= 15 is 0 Å². The summed E-state index contributed by atoms with van der Waals surface area (Å²) in [5, 5.41) is 11.0. The van der Waals surface area contributed by atoms with Gasteiger partial charge in [0.1, 0.15) is 5.75 Å². The zero-order chi connectivity index (χ0) is 23.1. The van der Waals surface area contributed by atoms with E-state index in [1.807, 2.05) is 4.90 Å². The molecular weight excluding hydrogens is 425 g/mol. The first-order chi connectivity index (χ1) is 15.1. The number of methoxy groups -OCH3 is 1. The van der Waals surface area contributed by atoms with E-state index in [4.69, 9.17) is 4.74 Å². The van der Waals surface area contributed by atoms with Crippen molar-refractivity contribution in [2.45, 2.75) is 37.1 Å². The average Bonchev–Trinajstić information content (AvgIpc) is 3.08. The number of hydrogen-bond donors (Lipinski definition) is 1. The molecule has 0 aromatic heterocycles. The lowest BCUT2D eigenvalue weighted by atomic mass is 9.83. The van der Waals surface area contributed by atoms with Gasteiger partial charge in [-0.25, -0.2) is 4.90 Å². The highest BCUT2D eigenvalue weighted by Gasteiger charge is 2.45. The number of rotatable bonds is 4. The van der Waals surface area contributed by atoms with Crippen LogP contribution in [0.1, 0.15) is 30.4 Å². The predicted octanol–water partition coefficient (Wildman–Crippen LogP) is 3.33. The SMILES string of the molecule is COc1ccc(N2C(=O)C[C@H](N3CCC(O)(c4cccc(C(F)(F)F)c4)CC3)C2=O)cc1. The second kappa shape index (κ2) is 8.22. The summed E-state index contributed by atoms with van der Waals surface area (Å²) < 4.78 is 44.3. The Labute approximate surface area is 183 Å². The van der Waals surface area contributed by atoms with E-state index in [0.29, 0.717) is 11.4 Å². The molecule has 170 valence electrons. The van der Waals surface area contributed by atoms with E-state index in [2.05, 4.69) is 0 Å². The molecule has 0 bridgehead atoms. The summed E-state index contributed by atoms with van der Waals surface area (Å²) in [6.45, 7) is 0.569. The van der Waals surface area contributed by atoms with Gasteiger partial charge in [0.25, 0.3) is 5.91 Å². The Morgan fingerprint density at radius 2 is 1.72 bits per heavy atom. The van der Waals surface area contributed by atoms with Crippen molar-refractivity contribution in [1.29, 1.82) is 0 Å². The number of benzene rings is 2. The van der Waals surface area contributed by atoms with Gasteiger partial charge in [0.05, 0.1) is 36.4 Å². The van der Waals surface area contributed by atoms with Gasteiger partial charge < -0.3 is 9.84 Å². The van der Waals surface area contributed by atoms with E-state index < -0.39 is 23.4 Å². The van der Waals surface area contributed by atoms with Crippen LogP contribution in [0.4, 0.5) is 18.9 Å². The zero-order valence-corrected chi connectivity index (χ0v) is 17.4. The molecule has 2 aliphatic heterocycles. The van der Waals surface area contributed by atoms with Gasteiger partial charge in [-0.3, -0.25) is 14.5 Å². The lowest BCUT2D eigenvalue weighted by Gasteiger charge is -2.40. The number of anilines is 1. The molecule has 32 heavy (non-hydrogen) atoms. The van der Waals surface area contributed by atoms with Crippen LogP contribution in [-0.2, 0) is 21.4 Å². The Morgan fingerprint density at radius 3 is 2.31 bits per heavy atom. The zero-order valence-electron chi connectivity index (χ0n) is 17.4. The number of aliphatic hydroxyl groups is 1. The molecule has 9 heteroatoms. The molecule has 0 spiro atoms. The predicted molar refractivity (Wildman–Crippen MR) is 110 cm³/mol. The number of carbonyl (C=O) groups excluding carboxylic acids is 2. The minimum absolute atomic E-state index is 0.0207. The standard InChI is InChI=1S/C23H23F3N2O4/c1-32-18-7-5-17(6-8-18)28-20(29)14-19(21(28)30)27-11-9-22(31,10-12-27)15-3-2-4-16(13-15)23(24,25)26/h2-8,13,19,31H,9-12,14H2,1H3/t19-/m0/s1. The van der Waals surface area contributed by atoms with Crippen molar-refractivity contribution >= 4 is 17.5 Å². The highest BCUT2D eigenvalue weighted by molar-refractivity contribution is 6.22. The third-order valence-electron chi connectivity index (χ3n) is 6.25. The van der Waals surface area contributed by atoms with Crippen molar-refractivity contribution in [3.05, 3.63) is 59.7 Å². The highest BCUT2D eigenvalue weighted by atomic mass is 19.4. The Balaban J connectivity index is 1.46. The van der Waals surface area contributed by atoms with Gasteiger partial charge in [-0.2, -0.15) is 13.2 Å². The van der Waals surface area contributed by atoms with Crippen molar-refractivity contribution in [1.82, 2.24) is 4.90 Å². The summed E-state index contributed by atoms with van der Waals surface area (Å²) in [6.07, 6.45) is -4.15. The van der Waals surface area contributed by atoms with Crippen LogP contribution in [0.25, 0.3) is 0 Å². The average molecular weight is 448 g/mol. The van der Waals surface area contributed by atoms with Crippen LogP contribution in [0.5, 0.6) is 5.75 Å². The molecular formula is C23H23F3N2O4. The monoisotopic (exact) mass is 448 g/mol. The minimum Gasteiger partial charge on any atom is -0.497 e. The van der Waals surface area contributed by atoms with Crippen molar-refractivity contribution in [2.75, 3.05) is 25.1 Å². The third kappa shape index (κ3) is 4.10.